The van der Waals surface area contributed by atoms with Crippen molar-refractivity contribution in [1.82, 2.24) is 9.78 Å². The van der Waals surface area contributed by atoms with Gasteiger partial charge in [-0.1, -0.05) is 26.2 Å². The summed E-state index contributed by atoms with van der Waals surface area (Å²) in [6.07, 6.45) is 7.39. The third-order valence-corrected chi connectivity index (χ3v) is 5.42. The third kappa shape index (κ3) is 2.56. The number of amides is 1. The zero-order valence-corrected chi connectivity index (χ0v) is 14.5. The van der Waals surface area contributed by atoms with E-state index in [4.69, 9.17) is 9.52 Å². The zero-order valence-electron chi connectivity index (χ0n) is 14.5. The van der Waals surface area contributed by atoms with Crippen LogP contribution in [0.2, 0.25) is 0 Å². The second kappa shape index (κ2) is 6.11. The molecule has 0 saturated heterocycles. The lowest BCUT2D eigenvalue weighted by Gasteiger charge is -2.27. The number of carbonyl (C=O) groups excluding carboxylic acids is 1. The summed E-state index contributed by atoms with van der Waals surface area (Å²) >= 11 is 0. The fourth-order valence-corrected chi connectivity index (χ4v) is 4.18. The van der Waals surface area contributed by atoms with Crippen LogP contribution in [0.4, 0.5) is 5.82 Å². The molecule has 1 aliphatic heterocycles. The lowest BCUT2D eigenvalue weighted by Crippen LogP contribution is -2.26. The maximum Gasteiger partial charge on any atom is 0.226 e. The van der Waals surface area contributed by atoms with Crippen molar-refractivity contribution in [3.05, 3.63) is 34.9 Å². The summed E-state index contributed by atoms with van der Waals surface area (Å²) in [5.41, 5.74) is 2.15. The van der Waals surface area contributed by atoms with E-state index in [9.17, 15) is 4.79 Å². The van der Waals surface area contributed by atoms with Crippen molar-refractivity contribution in [3.63, 3.8) is 0 Å². The molecule has 2 aliphatic rings. The van der Waals surface area contributed by atoms with Crippen LogP contribution in [0.1, 0.15) is 80.2 Å². The maximum absolute atomic E-state index is 12.3. The van der Waals surface area contributed by atoms with Gasteiger partial charge in [0.05, 0.1) is 17.7 Å². The number of furan rings is 1. The Morgan fingerprint density at radius 3 is 2.79 bits per heavy atom. The summed E-state index contributed by atoms with van der Waals surface area (Å²) in [5.74, 6) is 2.78. The highest BCUT2D eigenvalue weighted by Crippen LogP contribution is 2.42. The van der Waals surface area contributed by atoms with Crippen LogP contribution in [-0.4, -0.2) is 15.7 Å². The number of aromatic nitrogens is 2. The maximum atomic E-state index is 12.3. The van der Waals surface area contributed by atoms with Crippen molar-refractivity contribution in [1.29, 1.82) is 0 Å². The molecule has 128 valence electrons. The van der Waals surface area contributed by atoms with Gasteiger partial charge in [0, 0.05) is 18.4 Å². The van der Waals surface area contributed by atoms with E-state index in [2.05, 4.69) is 16.9 Å². The van der Waals surface area contributed by atoms with Crippen LogP contribution in [0.25, 0.3) is 0 Å². The number of rotatable bonds is 3. The quantitative estimate of drug-likeness (QED) is 0.913. The molecule has 4 rings (SSSR count). The minimum Gasteiger partial charge on any atom is -0.465 e. The van der Waals surface area contributed by atoms with Crippen molar-refractivity contribution >= 4 is 11.7 Å². The average molecular weight is 327 g/mol. The largest absolute Gasteiger partial charge is 0.465 e. The third-order valence-electron chi connectivity index (χ3n) is 5.42. The molecule has 5 nitrogen and oxygen atoms in total. The summed E-state index contributed by atoms with van der Waals surface area (Å²) in [6, 6.07) is 4.44. The molecule has 0 spiro atoms. The van der Waals surface area contributed by atoms with E-state index in [1.807, 2.05) is 19.1 Å². The minimum absolute atomic E-state index is 0.0219. The summed E-state index contributed by atoms with van der Waals surface area (Å²) in [4.78, 5) is 12.3. The summed E-state index contributed by atoms with van der Waals surface area (Å²) in [7, 11) is 0. The number of nitrogens with zero attached hydrogens (tertiary/aromatic N) is 2. The van der Waals surface area contributed by atoms with E-state index < -0.39 is 0 Å². The second-order valence-corrected chi connectivity index (χ2v) is 7.05. The summed E-state index contributed by atoms with van der Waals surface area (Å²) in [5, 5.41) is 7.90. The first kappa shape index (κ1) is 15.5. The van der Waals surface area contributed by atoms with E-state index in [1.165, 1.54) is 19.3 Å². The van der Waals surface area contributed by atoms with Gasteiger partial charge >= 0.3 is 0 Å². The van der Waals surface area contributed by atoms with Crippen molar-refractivity contribution in [2.75, 3.05) is 5.32 Å². The summed E-state index contributed by atoms with van der Waals surface area (Å²) in [6.45, 7) is 4.13. The molecule has 0 aromatic carbocycles. The highest BCUT2D eigenvalue weighted by molar-refractivity contribution is 5.94. The Morgan fingerprint density at radius 1 is 1.29 bits per heavy atom. The van der Waals surface area contributed by atoms with Gasteiger partial charge in [-0.15, -0.1) is 0 Å². The van der Waals surface area contributed by atoms with E-state index >= 15 is 0 Å². The molecule has 1 saturated carbocycles. The number of carbonyl (C=O) groups is 1. The fraction of sp³-hybridized carbons (Fsp3) is 0.579. The predicted octanol–water partition coefficient (Wildman–Crippen LogP) is 4.33. The normalized spacial score (nSPS) is 21.6. The molecule has 1 atom stereocenters. The van der Waals surface area contributed by atoms with Crippen molar-refractivity contribution in [2.24, 2.45) is 0 Å². The monoisotopic (exact) mass is 327 g/mol. The first-order chi connectivity index (χ1) is 11.7. The molecular formula is C19H25N3O2. The van der Waals surface area contributed by atoms with Crippen LogP contribution in [0.15, 0.2) is 16.5 Å². The first-order valence-corrected chi connectivity index (χ1v) is 9.14. The SMILES string of the molecule is CCc1ccc(C2CC(=O)Nc3c2c(C)nn3C2CCCCC2)o1. The highest BCUT2D eigenvalue weighted by atomic mass is 16.3. The van der Waals surface area contributed by atoms with Crippen LogP contribution in [0.3, 0.4) is 0 Å². The molecule has 0 radical (unpaired) electrons. The number of hydrogen-bond donors (Lipinski definition) is 1. The van der Waals surface area contributed by atoms with Gasteiger partial charge in [0.25, 0.3) is 0 Å². The Labute approximate surface area is 142 Å². The van der Waals surface area contributed by atoms with Crippen molar-refractivity contribution < 1.29 is 9.21 Å². The van der Waals surface area contributed by atoms with Gasteiger partial charge in [0.15, 0.2) is 0 Å². The van der Waals surface area contributed by atoms with Gasteiger partial charge in [0.1, 0.15) is 17.3 Å². The molecule has 3 heterocycles. The van der Waals surface area contributed by atoms with Gasteiger partial charge in [-0.2, -0.15) is 5.10 Å². The second-order valence-electron chi connectivity index (χ2n) is 7.05. The smallest absolute Gasteiger partial charge is 0.226 e. The van der Waals surface area contributed by atoms with Crippen molar-refractivity contribution in [3.8, 4) is 0 Å². The van der Waals surface area contributed by atoms with Crippen LogP contribution >= 0.6 is 0 Å². The lowest BCUT2D eigenvalue weighted by molar-refractivity contribution is -0.116. The first-order valence-electron chi connectivity index (χ1n) is 9.14. The Balaban J connectivity index is 1.76. The topological polar surface area (TPSA) is 60.1 Å². The van der Waals surface area contributed by atoms with Crippen molar-refractivity contribution in [2.45, 2.75) is 70.8 Å². The van der Waals surface area contributed by atoms with Gasteiger partial charge in [-0.3, -0.25) is 4.79 Å². The van der Waals surface area contributed by atoms with E-state index in [0.717, 1.165) is 47.9 Å². The number of fused-ring (bicyclic) bond motifs is 1. The standard InChI is InChI=1S/C19H25N3O2/c1-3-14-9-10-16(24-14)15-11-17(23)20-19-18(15)12(2)21-22(19)13-7-5-4-6-8-13/h9-10,13,15H,3-8,11H2,1-2H3,(H,20,23). The molecule has 5 heteroatoms. The van der Waals surface area contributed by atoms with Gasteiger partial charge in [-0.25, -0.2) is 4.68 Å². The molecule has 24 heavy (non-hydrogen) atoms. The molecule has 2 aromatic rings. The predicted molar refractivity (Wildman–Crippen MR) is 92.3 cm³/mol. The number of hydrogen-bond acceptors (Lipinski definition) is 3. The van der Waals surface area contributed by atoms with Crippen LogP contribution in [-0.2, 0) is 11.2 Å². The number of anilines is 1. The number of aryl methyl sites for hydroxylation is 2. The Bertz CT molecular complexity index is 753. The van der Waals surface area contributed by atoms with Crippen LogP contribution in [0, 0.1) is 6.92 Å². The molecule has 1 N–H and O–H groups in total. The Hall–Kier alpha value is -2.04. The highest BCUT2D eigenvalue weighted by Gasteiger charge is 2.35. The Kier molecular flexibility index (Phi) is 3.94. The molecule has 1 aliphatic carbocycles. The molecule has 0 bridgehead atoms. The van der Waals surface area contributed by atoms with Crippen LogP contribution in [0.5, 0.6) is 0 Å². The number of nitrogens with one attached hydrogen (secondary N) is 1. The van der Waals surface area contributed by atoms with Gasteiger partial charge < -0.3 is 9.73 Å². The zero-order chi connectivity index (χ0) is 16.7. The molecule has 1 amide bonds. The van der Waals surface area contributed by atoms with Gasteiger partial charge in [0.2, 0.25) is 5.91 Å². The van der Waals surface area contributed by atoms with E-state index in [-0.39, 0.29) is 11.8 Å². The lowest BCUT2D eigenvalue weighted by atomic mass is 9.89. The molecular weight excluding hydrogens is 302 g/mol. The molecule has 1 fully saturated rings. The van der Waals surface area contributed by atoms with Crippen LogP contribution < -0.4 is 5.32 Å². The van der Waals surface area contributed by atoms with E-state index in [0.29, 0.717) is 12.5 Å². The Morgan fingerprint density at radius 2 is 2.08 bits per heavy atom. The van der Waals surface area contributed by atoms with Gasteiger partial charge in [-0.05, 0) is 31.9 Å². The molecule has 2 aromatic heterocycles. The summed E-state index contributed by atoms with van der Waals surface area (Å²) < 4.78 is 8.05. The fourth-order valence-electron chi connectivity index (χ4n) is 4.18. The molecule has 1 unspecified atom stereocenters. The van der Waals surface area contributed by atoms with E-state index in [1.54, 1.807) is 0 Å². The minimum atomic E-state index is -0.0219. The average Bonchev–Trinajstić information content (AvgIpc) is 3.20.